The molecule has 0 saturated carbocycles. The van der Waals surface area contributed by atoms with Crippen LogP contribution < -0.4 is 4.74 Å². The molecule has 2 aromatic rings. The summed E-state index contributed by atoms with van der Waals surface area (Å²) < 4.78 is 5.93. The zero-order chi connectivity index (χ0) is 17.4. The number of rotatable bonds is 3. The Balaban J connectivity index is 2.56. The summed E-state index contributed by atoms with van der Waals surface area (Å²) in [6.07, 6.45) is 0. The zero-order valence-corrected chi connectivity index (χ0v) is 14.5. The van der Waals surface area contributed by atoms with Gasteiger partial charge in [-0.05, 0) is 44.0 Å². The molecule has 4 nitrogen and oxygen atoms in total. The average molecular weight is 313 g/mol. The highest BCUT2D eigenvalue weighted by molar-refractivity contribution is 5.90. The Morgan fingerprint density at radius 2 is 1.65 bits per heavy atom. The van der Waals surface area contributed by atoms with Gasteiger partial charge in [0.2, 0.25) is 5.88 Å². The molecule has 1 N–H and O–H groups in total. The van der Waals surface area contributed by atoms with E-state index in [4.69, 9.17) is 4.74 Å². The number of ether oxygens (including phenoxy) is 1. The van der Waals surface area contributed by atoms with Crippen LogP contribution in [0.1, 0.15) is 53.5 Å². The molecule has 1 aromatic carbocycles. The van der Waals surface area contributed by atoms with Crippen molar-refractivity contribution in [2.75, 3.05) is 0 Å². The van der Waals surface area contributed by atoms with Crippen molar-refractivity contribution in [2.45, 2.75) is 47.0 Å². The number of pyridine rings is 1. The SMILES string of the molecule is Cc1cc(C)c(Oc2nc(C(C)(C)C)ccc2C(=O)O)c(C)c1. The van der Waals surface area contributed by atoms with Crippen molar-refractivity contribution in [3.63, 3.8) is 0 Å². The van der Waals surface area contributed by atoms with Crippen LogP contribution >= 0.6 is 0 Å². The maximum absolute atomic E-state index is 11.5. The van der Waals surface area contributed by atoms with Gasteiger partial charge in [0.05, 0.1) is 0 Å². The van der Waals surface area contributed by atoms with Gasteiger partial charge >= 0.3 is 5.97 Å². The Morgan fingerprint density at radius 3 is 2.13 bits per heavy atom. The summed E-state index contributed by atoms with van der Waals surface area (Å²) in [6, 6.07) is 7.32. The van der Waals surface area contributed by atoms with Gasteiger partial charge in [0.25, 0.3) is 0 Å². The van der Waals surface area contributed by atoms with Crippen LogP contribution in [0.2, 0.25) is 0 Å². The first kappa shape index (κ1) is 17.0. The van der Waals surface area contributed by atoms with Gasteiger partial charge in [-0.3, -0.25) is 0 Å². The molecule has 0 atom stereocenters. The van der Waals surface area contributed by atoms with Crippen molar-refractivity contribution < 1.29 is 14.6 Å². The molecule has 4 heteroatoms. The van der Waals surface area contributed by atoms with Crippen molar-refractivity contribution in [3.05, 3.63) is 52.2 Å². The molecule has 2 rings (SSSR count). The molecule has 0 saturated heterocycles. The summed E-state index contributed by atoms with van der Waals surface area (Å²) in [6.45, 7) is 12.0. The highest BCUT2D eigenvalue weighted by Crippen LogP contribution is 2.32. The molecule has 0 unspecified atom stereocenters. The van der Waals surface area contributed by atoms with Crippen LogP contribution in [0.3, 0.4) is 0 Å². The van der Waals surface area contributed by atoms with Crippen molar-refractivity contribution in [2.24, 2.45) is 0 Å². The highest BCUT2D eigenvalue weighted by Gasteiger charge is 2.21. The molecule has 1 heterocycles. The van der Waals surface area contributed by atoms with Gasteiger partial charge in [0, 0.05) is 11.1 Å². The van der Waals surface area contributed by atoms with E-state index in [0.29, 0.717) is 5.75 Å². The number of hydrogen-bond acceptors (Lipinski definition) is 3. The maximum Gasteiger partial charge on any atom is 0.341 e. The van der Waals surface area contributed by atoms with E-state index in [2.05, 4.69) is 4.98 Å². The lowest BCUT2D eigenvalue weighted by atomic mass is 9.91. The molecule has 0 amide bonds. The number of carbonyl (C=O) groups is 1. The summed E-state index contributed by atoms with van der Waals surface area (Å²) in [5, 5.41) is 9.40. The minimum atomic E-state index is -1.05. The first-order valence-electron chi connectivity index (χ1n) is 7.60. The molecule has 0 aliphatic carbocycles. The van der Waals surface area contributed by atoms with Crippen LogP contribution in [0.5, 0.6) is 11.6 Å². The first-order chi connectivity index (χ1) is 10.6. The third kappa shape index (κ3) is 3.70. The molecule has 0 aliphatic rings. The number of benzene rings is 1. The molecule has 0 fully saturated rings. The van der Waals surface area contributed by atoms with Gasteiger partial charge < -0.3 is 9.84 Å². The lowest BCUT2D eigenvalue weighted by Gasteiger charge is -2.20. The van der Waals surface area contributed by atoms with Crippen molar-refractivity contribution in [1.29, 1.82) is 0 Å². The van der Waals surface area contributed by atoms with Crippen LogP contribution in [0.25, 0.3) is 0 Å². The standard InChI is InChI=1S/C19H23NO3/c1-11-9-12(2)16(13(3)10-11)23-17-14(18(21)22)7-8-15(20-17)19(4,5)6/h7-10H,1-6H3,(H,21,22). The smallest absolute Gasteiger partial charge is 0.341 e. The monoisotopic (exact) mass is 313 g/mol. The molecular formula is C19H23NO3. The van der Waals surface area contributed by atoms with Gasteiger partial charge in [-0.2, -0.15) is 0 Å². The number of carboxylic acid groups (broad SMARTS) is 1. The summed E-state index contributed by atoms with van der Waals surface area (Å²) >= 11 is 0. The van der Waals surface area contributed by atoms with Crippen LogP contribution in [0, 0.1) is 20.8 Å². The number of aromatic carboxylic acids is 1. The summed E-state index contributed by atoms with van der Waals surface area (Å²) in [5.74, 6) is -0.244. The van der Waals surface area contributed by atoms with Crippen LogP contribution in [0.4, 0.5) is 0 Å². The molecule has 1 aromatic heterocycles. The molecule has 0 radical (unpaired) electrons. The minimum Gasteiger partial charge on any atom is -0.477 e. The average Bonchev–Trinajstić information content (AvgIpc) is 2.41. The van der Waals surface area contributed by atoms with Crippen LogP contribution in [0.15, 0.2) is 24.3 Å². The third-order valence-electron chi connectivity index (χ3n) is 3.66. The Labute approximate surface area is 137 Å². The lowest BCUT2D eigenvalue weighted by molar-refractivity contribution is 0.0693. The molecule has 23 heavy (non-hydrogen) atoms. The number of aromatic nitrogens is 1. The predicted molar refractivity (Wildman–Crippen MR) is 90.6 cm³/mol. The lowest BCUT2D eigenvalue weighted by Crippen LogP contribution is -2.15. The minimum absolute atomic E-state index is 0.0670. The number of nitrogens with zero attached hydrogens (tertiary/aromatic N) is 1. The highest BCUT2D eigenvalue weighted by atomic mass is 16.5. The van der Waals surface area contributed by atoms with Crippen LogP contribution in [-0.2, 0) is 5.41 Å². The van der Waals surface area contributed by atoms with E-state index < -0.39 is 5.97 Å². The van der Waals surface area contributed by atoms with E-state index in [1.807, 2.05) is 53.7 Å². The largest absolute Gasteiger partial charge is 0.477 e. The van der Waals surface area contributed by atoms with Crippen LogP contribution in [-0.4, -0.2) is 16.1 Å². The molecule has 122 valence electrons. The quantitative estimate of drug-likeness (QED) is 0.884. The van der Waals surface area contributed by atoms with Crippen molar-refractivity contribution >= 4 is 5.97 Å². The van der Waals surface area contributed by atoms with E-state index in [1.165, 1.54) is 0 Å². The molecule has 0 bridgehead atoms. The van der Waals surface area contributed by atoms with Gasteiger partial charge in [-0.15, -0.1) is 0 Å². The molecule has 0 spiro atoms. The molecule has 0 aliphatic heterocycles. The van der Waals surface area contributed by atoms with Gasteiger partial charge in [0.1, 0.15) is 11.3 Å². The fraction of sp³-hybridized carbons (Fsp3) is 0.368. The Bertz CT molecular complexity index is 735. The predicted octanol–water partition coefficient (Wildman–Crippen LogP) is 4.79. The van der Waals surface area contributed by atoms with E-state index in [9.17, 15) is 9.90 Å². The van der Waals surface area contributed by atoms with Crippen molar-refractivity contribution in [1.82, 2.24) is 4.98 Å². The van der Waals surface area contributed by atoms with Crippen molar-refractivity contribution in [3.8, 4) is 11.6 Å². The Hall–Kier alpha value is -2.36. The van der Waals surface area contributed by atoms with E-state index in [0.717, 1.165) is 22.4 Å². The second-order valence-corrected chi connectivity index (χ2v) is 6.93. The van der Waals surface area contributed by atoms with E-state index in [1.54, 1.807) is 12.1 Å². The Morgan fingerprint density at radius 1 is 1.09 bits per heavy atom. The fourth-order valence-electron chi connectivity index (χ4n) is 2.52. The summed E-state index contributed by atoms with van der Waals surface area (Å²) in [4.78, 5) is 15.9. The normalized spacial score (nSPS) is 11.4. The number of aryl methyl sites for hydroxylation is 3. The second-order valence-electron chi connectivity index (χ2n) is 6.93. The summed E-state index contributed by atoms with van der Waals surface area (Å²) in [5.41, 5.74) is 3.73. The maximum atomic E-state index is 11.5. The topological polar surface area (TPSA) is 59.4 Å². The first-order valence-corrected chi connectivity index (χ1v) is 7.60. The Kier molecular flexibility index (Phi) is 4.46. The number of carboxylic acids is 1. The van der Waals surface area contributed by atoms with E-state index in [-0.39, 0.29) is 16.9 Å². The fourth-order valence-corrected chi connectivity index (χ4v) is 2.52. The van der Waals surface area contributed by atoms with Gasteiger partial charge in [0.15, 0.2) is 0 Å². The second kappa shape index (κ2) is 6.03. The van der Waals surface area contributed by atoms with Gasteiger partial charge in [-0.25, -0.2) is 9.78 Å². The summed E-state index contributed by atoms with van der Waals surface area (Å²) in [7, 11) is 0. The van der Waals surface area contributed by atoms with E-state index >= 15 is 0 Å². The molecular weight excluding hydrogens is 290 g/mol. The number of hydrogen-bond donors (Lipinski definition) is 1. The third-order valence-corrected chi connectivity index (χ3v) is 3.66. The van der Waals surface area contributed by atoms with Gasteiger partial charge in [-0.1, -0.05) is 38.5 Å². The zero-order valence-electron chi connectivity index (χ0n) is 14.5.